The predicted molar refractivity (Wildman–Crippen MR) is 109 cm³/mol. The highest BCUT2D eigenvalue weighted by Gasteiger charge is 2.30. The number of aromatic nitrogens is 2. The first kappa shape index (κ1) is 18.2. The van der Waals surface area contributed by atoms with Gasteiger partial charge in [-0.15, -0.1) is 0 Å². The van der Waals surface area contributed by atoms with Gasteiger partial charge in [0.1, 0.15) is 5.82 Å². The summed E-state index contributed by atoms with van der Waals surface area (Å²) < 4.78 is 1.97. The van der Waals surface area contributed by atoms with Crippen molar-refractivity contribution < 1.29 is 9.59 Å². The van der Waals surface area contributed by atoms with Gasteiger partial charge in [0.15, 0.2) is 0 Å². The van der Waals surface area contributed by atoms with Crippen LogP contribution in [0, 0.1) is 12.8 Å². The lowest BCUT2D eigenvalue weighted by molar-refractivity contribution is -0.121. The van der Waals surface area contributed by atoms with Crippen molar-refractivity contribution in [2.45, 2.75) is 19.8 Å². The molecule has 0 saturated carbocycles. The number of anilines is 1. The van der Waals surface area contributed by atoms with Crippen molar-refractivity contribution in [3.8, 4) is 0 Å². The van der Waals surface area contributed by atoms with Crippen LogP contribution in [0.3, 0.4) is 0 Å². The van der Waals surface area contributed by atoms with Crippen LogP contribution in [0.4, 0.5) is 5.82 Å². The number of carbonyl (C=O) groups excluding carboxylic acids is 2. The minimum absolute atomic E-state index is 0.0108. The summed E-state index contributed by atoms with van der Waals surface area (Å²) in [6, 6.07) is 11.7. The number of amides is 2. The zero-order chi connectivity index (χ0) is 19.7. The van der Waals surface area contributed by atoms with Crippen molar-refractivity contribution in [3.63, 3.8) is 0 Å². The maximum atomic E-state index is 13.2. The fourth-order valence-electron chi connectivity index (χ4n) is 3.89. The molecule has 0 aliphatic carbocycles. The van der Waals surface area contributed by atoms with Crippen LogP contribution >= 0.6 is 0 Å². The van der Waals surface area contributed by atoms with Crippen LogP contribution in [0.15, 0.2) is 48.8 Å². The smallest absolute Gasteiger partial charge is 0.256 e. The van der Waals surface area contributed by atoms with E-state index in [0.29, 0.717) is 24.5 Å². The molecule has 0 spiro atoms. The number of hydrogen-bond acceptors (Lipinski definition) is 3. The van der Waals surface area contributed by atoms with Crippen molar-refractivity contribution in [1.82, 2.24) is 14.5 Å². The molecule has 1 unspecified atom stereocenters. The molecule has 2 amide bonds. The zero-order valence-corrected chi connectivity index (χ0v) is 16.2. The first-order valence-corrected chi connectivity index (χ1v) is 9.60. The van der Waals surface area contributed by atoms with E-state index in [1.807, 2.05) is 61.1 Å². The number of benzene rings is 1. The Hall–Kier alpha value is -3.15. The van der Waals surface area contributed by atoms with Gasteiger partial charge in [0.25, 0.3) is 5.91 Å². The number of hydrogen-bond donors (Lipinski definition) is 1. The largest absolute Gasteiger partial charge is 0.350 e. The third-order valence-electron chi connectivity index (χ3n) is 5.46. The topological polar surface area (TPSA) is 67.2 Å². The van der Waals surface area contributed by atoms with E-state index in [1.54, 1.807) is 11.1 Å². The molecule has 1 atom stereocenters. The normalized spacial score (nSPS) is 16.9. The SMILES string of the molecule is Cc1cccnc1NC(=O)C1CCCN(C(=O)c2cn(C)c3ccccc23)C1. The van der Waals surface area contributed by atoms with Crippen LogP contribution in [0.1, 0.15) is 28.8 Å². The third-order valence-corrected chi connectivity index (χ3v) is 5.46. The van der Waals surface area contributed by atoms with Crippen molar-refractivity contribution in [2.24, 2.45) is 13.0 Å². The molecule has 1 aliphatic rings. The predicted octanol–water partition coefficient (Wildman–Crippen LogP) is 3.37. The molecule has 1 fully saturated rings. The summed E-state index contributed by atoms with van der Waals surface area (Å²) in [5.41, 5.74) is 2.65. The Morgan fingerprint density at radius 1 is 1.18 bits per heavy atom. The molecule has 144 valence electrons. The minimum atomic E-state index is -0.228. The number of piperidine rings is 1. The standard InChI is InChI=1S/C22H24N4O2/c1-15-7-5-11-23-20(15)24-21(27)16-8-6-12-26(13-16)22(28)18-14-25(2)19-10-4-3-9-17(18)19/h3-5,7,9-11,14,16H,6,8,12-13H2,1-2H3,(H,23,24,27). The number of para-hydroxylation sites is 1. The molecule has 1 saturated heterocycles. The average molecular weight is 376 g/mol. The number of aryl methyl sites for hydroxylation is 2. The highest BCUT2D eigenvalue weighted by Crippen LogP contribution is 2.25. The number of pyridine rings is 1. The van der Waals surface area contributed by atoms with Gasteiger partial charge in [0.2, 0.25) is 5.91 Å². The van der Waals surface area contributed by atoms with E-state index in [1.165, 1.54) is 0 Å². The summed E-state index contributed by atoms with van der Waals surface area (Å²) in [7, 11) is 1.95. The molecular weight excluding hydrogens is 352 g/mol. The van der Waals surface area contributed by atoms with Crippen LogP contribution < -0.4 is 5.32 Å². The van der Waals surface area contributed by atoms with Crippen molar-refractivity contribution >= 4 is 28.5 Å². The zero-order valence-electron chi connectivity index (χ0n) is 16.2. The number of rotatable bonds is 3. The fourth-order valence-corrected chi connectivity index (χ4v) is 3.89. The Labute approximate surface area is 164 Å². The molecule has 0 bridgehead atoms. The maximum Gasteiger partial charge on any atom is 0.256 e. The van der Waals surface area contributed by atoms with Crippen molar-refractivity contribution in [3.05, 3.63) is 59.9 Å². The number of nitrogens with one attached hydrogen (secondary N) is 1. The van der Waals surface area contributed by atoms with Crippen LogP contribution in [-0.4, -0.2) is 39.4 Å². The van der Waals surface area contributed by atoms with Crippen molar-refractivity contribution in [2.75, 3.05) is 18.4 Å². The molecule has 1 aliphatic heterocycles. The first-order chi connectivity index (χ1) is 13.5. The van der Waals surface area contributed by atoms with E-state index < -0.39 is 0 Å². The van der Waals surface area contributed by atoms with Gasteiger partial charge < -0.3 is 14.8 Å². The second-order valence-electron chi connectivity index (χ2n) is 7.42. The van der Waals surface area contributed by atoms with Gasteiger partial charge >= 0.3 is 0 Å². The summed E-state index contributed by atoms with van der Waals surface area (Å²) in [6.45, 7) is 3.02. The summed E-state index contributed by atoms with van der Waals surface area (Å²) in [5.74, 6) is 0.277. The van der Waals surface area contributed by atoms with Gasteiger partial charge in [-0.25, -0.2) is 4.98 Å². The van der Waals surface area contributed by atoms with Crippen LogP contribution in [0.5, 0.6) is 0 Å². The van der Waals surface area contributed by atoms with E-state index >= 15 is 0 Å². The first-order valence-electron chi connectivity index (χ1n) is 9.60. The van der Waals surface area contributed by atoms with E-state index in [2.05, 4.69) is 10.3 Å². The monoisotopic (exact) mass is 376 g/mol. The van der Waals surface area contributed by atoms with E-state index in [-0.39, 0.29) is 17.7 Å². The molecule has 1 aromatic carbocycles. The van der Waals surface area contributed by atoms with Crippen LogP contribution in [0.2, 0.25) is 0 Å². The maximum absolute atomic E-state index is 13.2. The molecule has 3 heterocycles. The Balaban J connectivity index is 1.51. The number of fused-ring (bicyclic) bond motifs is 1. The Morgan fingerprint density at radius 2 is 2.00 bits per heavy atom. The molecule has 6 nitrogen and oxygen atoms in total. The quantitative estimate of drug-likeness (QED) is 0.762. The van der Waals surface area contributed by atoms with E-state index in [4.69, 9.17) is 0 Å². The summed E-state index contributed by atoms with van der Waals surface area (Å²) in [4.78, 5) is 32.0. The van der Waals surface area contributed by atoms with E-state index in [9.17, 15) is 9.59 Å². The second kappa shape index (κ2) is 7.46. The third kappa shape index (κ3) is 3.38. The van der Waals surface area contributed by atoms with Gasteiger partial charge in [-0.05, 0) is 37.5 Å². The van der Waals surface area contributed by atoms with Gasteiger partial charge in [-0.3, -0.25) is 9.59 Å². The van der Waals surface area contributed by atoms with Gasteiger partial charge in [0.05, 0.1) is 11.5 Å². The summed E-state index contributed by atoms with van der Waals surface area (Å²) >= 11 is 0. The number of likely N-dealkylation sites (tertiary alicyclic amines) is 1. The van der Waals surface area contributed by atoms with Crippen molar-refractivity contribution in [1.29, 1.82) is 0 Å². The average Bonchev–Trinajstić information content (AvgIpc) is 3.06. The molecule has 3 aromatic rings. The molecule has 4 rings (SSSR count). The molecule has 28 heavy (non-hydrogen) atoms. The molecule has 2 aromatic heterocycles. The Kier molecular flexibility index (Phi) is 4.86. The highest BCUT2D eigenvalue weighted by atomic mass is 16.2. The Bertz CT molecular complexity index is 1040. The van der Waals surface area contributed by atoms with Crippen LogP contribution in [-0.2, 0) is 11.8 Å². The summed E-state index contributed by atoms with van der Waals surface area (Å²) in [5, 5.41) is 3.87. The lowest BCUT2D eigenvalue weighted by Gasteiger charge is -2.32. The lowest BCUT2D eigenvalue weighted by Crippen LogP contribution is -2.43. The van der Waals surface area contributed by atoms with Gasteiger partial charge in [-0.1, -0.05) is 24.3 Å². The van der Waals surface area contributed by atoms with Gasteiger partial charge in [0, 0.05) is 43.4 Å². The summed E-state index contributed by atoms with van der Waals surface area (Å²) in [6.07, 6.45) is 5.14. The minimum Gasteiger partial charge on any atom is -0.350 e. The number of carbonyl (C=O) groups is 2. The fraction of sp³-hybridized carbons (Fsp3) is 0.318. The number of nitrogens with zero attached hydrogens (tertiary/aromatic N) is 3. The van der Waals surface area contributed by atoms with E-state index in [0.717, 1.165) is 29.3 Å². The molecule has 1 N–H and O–H groups in total. The van der Waals surface area contributed by atoms with Crippen LogP contribution in [0.25, 0.3) is 10.9 Å². The van der Waals surface area contributed by atoms with Gasteiger partial charge in [-0.2, -0.15) is 0 Å². The highest BCUT2D eigenvalue weighted by molar-refractivity contribution is 6.07. The molecule has 6 heteroatoms. The Morgan fingerprint density at radius 3 is 2.82 bits per heavy atom. The lowest BCUT2D eigenvalue weighted by atomic mass is 9.96. The second-order valence-corrected chi connectivity index (χ2v) is 7.42. The molecule has 0 radical (unpaired) electrons. The molecular formula is C22H24N4O2.